The summed E-state index contributed by atoms with van der Waals surface area (Å²) in [6.07, 6.45) is -0.930. The molecule has 8 nitrogen and oxygen atoms in total. The number of esters is 3. The molecule has 164 valence electrons. The van der Waals surface area contributed by atoms with E-state index in [1.807, 2.05) is 0 Å². The maximum absolute atomic E-state index is 12.3. The topological polar surface area (TPSA) is 131 Å². The molecule has 0 saturated carbocycles. The SMILES string of the molecule is CC(C)(C)OC(=O)CC(N)C(N)(CC(=O)OC(C)(C)C)CC(=O)OC(C)(C)C. The van der Waals surface area contributed by atoms with Crippen LogP contribution in [0.15, 0.2) is 0 Å². The van der Waals surface area contributed by atoms with Gasteiger partial charge in [-0.15, -0.1) is 0 Å². The average Bonchev–Trinajstić information content (AvgIpc) is 2.29. The van der Waals surface area contributed by atoms with Crippen molar-refractivity contribution < 1.29 is 28.6 Å². The van der Waals surface area contributed by atoms with Crippen LogP contribution in [0.1, 0.15) is 81.6 Å². The molecule has 0 amide bonds. The Morgan fingerprint density at radius 3 is 1.25 bits per heavy atom. The summed E-state index contributed by atoms with van der Waals surface area (Å²) < 4.78 is 15.9. The molecule has 0 bridgehead atoms. The first kappa shape index (κ1) is 26.3. The lowest BCUT2D eigenvalue weighted by Crippen LogP contribution is -2.59. The van der Waals surface area contributed by atoms with Gasteiger partial charge in [-0.1, -0.05) is 0 Å². The van der Waals surface area contributed by atoms with Gasteiger partial charge in [-0.25, -0.2) is 0 Å². The Hall–Kier alpha value is -1.67. The normalized spacial score (nSPS) is 14.2. The van der Waals surface area contributed by atoms with Crippen LogP contribution in [0.5, 0.6) is 0 Å². The Kier molecular flexibility index (Phi) is 8.67. The highest BCUT2D eigenvalue weighted by molar-refractivity contribution is 5.77. The zero-order valence-electron chi connectivity index (χ0n) is 18.8. The van der Waals surface area contributed by atoms with E-state index >= 15 is 0 Å². The number of rotatable bonds is 7. The predicted molar refractivity (Wildman–Crippen MR) is 106 cm³/mol. The Labute approximate surface area is 168 Å². The summed E-state index contributed by atoms with van der Waals surface area (Å²) >= 11 is 0. The molecule has 0 aromatic heterocycles. The van der Waals surface area contributed by atoms with Crippen molar-refractivity contribution in [1.29, 1.82) is 0 Å². The van der Waals surface area contributed by atoms with Gasteiger partial charge in [-0.05, 0) is 62.3 Å². The number of nitrogens with two attached hydrogens (primary N) is 2. The molecule has 0 heterocycles. The number of ether oxygens (including phenoxy) is 3. The first-order valence-corrected chi connectivity index (χ1v) is 9.42. The van der Waals surface area contributed by atoms with E-state index in [2.05, 4.69) is 0 Å². The van der Waals surface area contributed by atoms with Crippen molar-refractivity contribution in [3.8, 4) is 0 Å². The molecular weight excluding hydrogens is 364 g/mol. The van der Waals surface area contributed by atoms with Gasteiger partial charge in [0.2, 0.25) is 0 Å². The zero-order chi connectivity index (χ0) is 22.6. The van der Waals surface area contributed by atoms with Crippen molar-refractivity contribution in [3.05, 3.63) is 0 Å². The molecule has 4 N–H and O–H groups in total. The molecule has 1 unspecified atom stereocenters. The van der Waals surface area contributed by atoms with Gasteiger partial charge in [-0.3, -0.25) is 14.4 Å². The number of carbonyl (C=O) groups excluding carboxylic acids is 3. The second-order valence-electron chi connectivity index (χ2n) is 10.2. The summed E-state index contributed by atoms with van der Waals surface area (Å²) in [6.45, 7) is 15.5. The second kappa shape index (κ2) is 9.22. The first-order valence-electron chi connectivity index (χ1n) is 9.42. The fraction of sp³-hybridized carbons (Fsp3) is 0.850. The lowest BCUT2D eigenvalue weighted by atomic mass is 9.83. The van der Waals surface area contributed by atoms with Crippen LogP contribution in [0.3, 0.4) is 0 Å². The lowest BCUT2D eigenvalue weighted by Gasteiger charge is -2.35. The Bertz CT molecular complexity index is 537. The van der Waals surface area contributed by atoms with Crippen molar-refractivity contribution in [2.24, 2.45) is 11.5 Å². The zero-order valence-corrected chi connectivity index (χ0v) is 18.8. The van der Waals surface area contributed by atoms with Gasteiger partial charge in [0.05, 0.1) is 24.8 Å². The van der Waals surface area contributed by atoms with Gasteiger partial charge in [0.25, 0.3) is 0 Å². The molecule has 8 heteroatoms. The molecule has 0 aliphatic carbocycles. The molecule has 0 rings (SSSR count). The van der Waals surface area contributed by atoms with E-state index in [9.17, 15) is 14.4 Å². The first-order chi connectivity index (χ1) is 12.2. The lowest BCUT2D eigenvalue weighted by molar-refractivity contribution is -0.162. The average molecular weight is 403 g/mol. The molecule has 1 atom stereocenters. The second-order valence-corrected chi connectivity index (χ2v) is 10.2. The van der Waals surface area contributed by atoms with Crippen molar-refractivity contribution in [3.63, 3.8) is 0 Å². The highest BCUT2D eigenvalue weighted by Crippen LogP contribution is 2.24. The summed E-state index contributed by atoms with van der Waals surface area (Å²) in [7, 11) is 0. The molecule has 0 fully saturated rings. The van der Waals surface area contributed by atoms with Crippen molar-refractivity contribution >= 4 is 17.9 Å². The van der Waals surface area contributed by atoms with Crippen LogP contribution in [0.25, 0.3) is 0 Å². The van der Waals surface area contributed by atoms with Gasteiger partial charge in [-0.2, -0.15) is 0 Å². The molecule has 28 heavy (non-hydrogen) atoms. The fourth-order valence-corrected chi connectivity index (χ4v) is 2.38. The van der Waals surface area contributed by atoms with Crippen molar-refractivity contribution in [2.45, 2.75) is 110 Å². The maximum Gasteiger partial charge on any atom is 0.308 e. The van der Waals surface area contributed by atoms with Crippen molar-refractivity contribution in [1.82, 2.24) is 0 Å². The van der Waals surface area contributed by atoms with Crippen LogP contribution >= 0.6 is 0 Å². The Morgan fingerprint density at radius 1 is 0.679 bits per heavy atom. The third kappa shape index (κ3) is 11.9. The van der Waals surface area contributed by atoms with E-state index in [4.69, 9.17) is 25.7 Å². The molecule has 0 aromatic carbocycles. The van der Waals surface area contributed by atoms with E-state index in [1.54, 1.807) is 62.3 Å². The Morgan fingerprint density at radius 2 is 0.964 bits per heavy atom. The number of carbonyl (C=O) groups is 3. The summed E-state index contributed by atoms with van der Waals surface area (Å²) in [5, 5.41) is 0. The molecule has 0 aliphatic rings. The van der Waals surface area contributed by atoms with E-state index < -0.39 is 46.3 Å². The predicted octanol–water partition coefficient (Wildman–Crippen LogP) is 2.21. The van der Waals surface area contributed by atoms with E-state index in [0.717, 1.165) is 0 Å². The summed E-state index contributed by atoms with van der Waals surface area (Å²) in [6, 6.07) is -1.01. The van der Waals surface area contributed by atoms with Crippen LogP contribution in [0.4, 0.5) is 0 Å². The van der Waals surface area contributed by atoms with E-state index in [0.29, 0.717) is 0 Å². The minimum absolute atomic E-state index is 0.251. The van der Waals surface area contributed by atoms with Gasteiger partial charge in [0.1, 0.15) is 16.8 Å². The van der Waals surface area contributed by atoms with Gasteiger partial charge in [0, 0.05) is 6.04 Å². The molecule has 0 spiro atoms. The number of hydrogen-bond acceptors (Lipinski definition) is 8. The van der Waals surface area contributed by atoms with Crippen LogP contribution in [0, 0.1) is 0 Å². The van der Waals surface area contributed by atoms with Crippen molar-refractivity contribution in [2.75, 3.05) is 0 Å². The summed E-state index contributed by atoms with van der Waals surface area (Å²) in [5.74, 6) is -1.79. The molecule has 0 saturated heterocycles. The largest absolute Gasteiger partial charge is 0.460 e. The third-order valence-corrected chi connectivity index (χ3v) is 3.33. The minimum atomic E-state index is -1.53. The minimum Gasteiger partial charge on any atom is -0.460 e. The highest BCUT2D eigenvalue weighted by atomic mass is 16.6. The smallest absolute Gasteiger partial charge is 0.308 e. The summed E-state index contributed by atoms with van der Waals surface area (Å²) in [5.41, 5.74) is 8.85. The Balaban J connectivity index is 5.43. The maximum atomic E-state index is 12.3. The molecule has 0 aromatic rings. The highest BCUT2D eigenvalue weighted by Gasteiger charge is 2.41. The van der Waals surface area contributed by atoms with E-state index in [-0.39, 0.29) is 19.3 Å². The van der Waals surface area contributed by atoms with E-state index in [1.165, 1.54) is 0 Å². The van der Waals surface area contributed by atoms with Crippen LogP contribution in [0.2, 0.25) is 0 Å². The summed E-state index contributed by atoms with van der Waals surface area (Å²) in [4.78, 5) is 36.8. The molecule has 0 radical (unpaired) electrons. The third-order valence-electron chi connectivity index (χ3n) is 3.33. The molecular formula is C20H38N2O6. The van der Waals surface area contributed by atoms with Gasteiger partial charge in [0.15, 0.2) is 0 Å². The quantitative estimate of drug-likeness (QED) is 0.489. The molecule has 0 aliphatic heterocycles. The van der Waals surface area contributed by atoms with Gasteiger partial charge < -0.3 is 25.7 Å². The monoisotopic (exact) mass is 402 g/mol. The van der Waals surface area contributed by atoms with Crippen LogP contribution in [-0.4, -0.2) is 46.3 Å². The number of hydrogen-bond donors (Lipinski definition) is 2. The van der Waals surface area contributed by atoms with Gasteiger partial charge >= 0.3 is 17.9 Å². The van der Waals surface area contributed by atoms with Crippen LogP contribution < -0.4 is 11.5 Å². The van der Waals surface area contributed by atoms with Crippen LogP contribution in [-0.2, 0) is 28.6 Å². The fourth-order valence-electron chi connectivity index (χ4n) is 2.38. The standard InChI is InChI=1S/C20H38N2O6/c1-17(2,3)26-14(23)10-13(21)20(22,11-15(24)27-18(4,5)6)12-16(25)28-19(7,8)9/h13H,10-12,21-22H2,1-9H3.